The number of hydrogen-bond acceptors (Lipinski definition) is 7. The number of carbonyl (C=O) groups excluding carboxylic acids is 1. The van der Waals surface area contributed by atoms with Gasteiger partial charge in [-0.25, -0.2) is 13.2 Å². The number of rotatable bonds is 10. The number of aliphatic carboxylic acids is 1. The molecule has 40 heavy (non-hydrogen) atoms. The molecule has 2 atom stereocenters. The Morgan fingerprint density at radius 3 is 2.48 bits per heavy atom. The molecule has 0 radical (unpaired) electrons. The number of sulfonamides is 1. The molecule has 1 aliphatic heterocycles. The Bertz CT molecular complexity index is 1460. The van der Waals surface area contributed by atoms with Crippen molar-refractivity contribution in [3.05, 3.63) is 76.6 Å². The highest BCUT2D eigenvalue weighted by Gasteiger charge is 2.68. The summed E-state index contributed by atoms with van der Waals surface area (Å²) in [5, 5.41) is 12.7. The Labute approximate surface area is 241 Å². The van der Waals surface area contributed by atoms with Gasteiger partial charge in [0, 0.05) is 36.1 Å². The summed E-state index contributed by atoms with van der Waals surface area (Å²) in [7, 11) is -4.28. The second-order valence-corrected chi connectivity index (χ2v) is 13.1. The van der Waals surface area contributed by atoms with E-state index in [9.17, 15) is 23.1 Å². The molecule has 1 amide bonds. The van der Waals surface area contributed by atoms with Crippen LogP contribution in [0.2, 0.25) is 5.02 Å². The minimum atomic E-state index is -4.28. The lowest BCUT2D eigenvalue weighted by Gasteiger charge is -2.30. The van der Waals surface area contributed by atoms with Gasteiger partial charge < -0.3 is 19.5 Å². The number of halogens is 1. The van der Waals surface area contributed by atoms with E-state index in [1.807, 2.05) is 30.3 Å². The van der Waals surface area contributed by atoms with E-state index < -0.39 is 33.5 Å². The molecular weight excluding hydrogens is 576 g/mol. The quantitative estimate of drug-likeness (QED) is 0.327. The summed E-state index contributed by atoms with van der Waals surface area (Å²) >= 11 is 7.08. The molecule has 2 heterocycles. The molecule has 1 saturated carbocycles. The second kappa shape index (κ2) is 11.9. The smallest absolute Gasteiger partial charge is 0.409 e. The Kier molecular flexibility index (Phi) is 8.48. The molecule has 0 unspecified atom stereocenters. The van der Waals surface area contributed by atoms with Crippen LogP contribution in [0.15, 0.2) is 70.3 Å². The van der Waals surface area contributed by atoms with E-state index in [0.29, 0.717) is 42.5 Å². The molecule has 5 rings (SSSR count). The van der Waals surface area contributed by atoms with Crippen molar-refractivity contribution in [1.29, 1.82) is 0 Å². The second-order valence-electron chi connectivity index (χ2n) is 9.67. The lowest BCUT2D eigenvalue weighted by molar-refractivity contribution is -0.143. The van der Waals surface area contributed by atoms with Gasteiger partial charge in [-0.2, -0.15) is 4.31 Å². The van der Waals surface area contributed by atoms with Crippen LogP contribution in [0.25, 0.3) is 11.1 Å². The Morgan fingerprint density at radius 2 is 1.80 bits per heavy atom. The van der Waals surface area contributed by atoms with Gasteiger partial charge in [0.2, 0.25) is 0 Å². The van der Waals surface area contributed by atoms with Crippen molar-refractivity contribution in [2.75, 3.05) is 39.5 Å². The van der Waals surface area contributed by atoms with Crippen LogP contribution in [0.5, 0.6) is 0 Å². The third-order valence-corrected chi connectivity index (χ3v) is 10.9. The maximum atomic E-state index is 14.3. The normalized spacial score (nSPS) is 20.9. The van der Waals surface area contributed by atoms with Crippen molar-refractivity contribution < 1.29 is 32.6 Å². The highest BCUT2D eigenvalue weighted by molar-refractivity contribution is 7.91. The molecule has 1 saturated heterocycles. The molecule has 0 spiro atoms. The summed E-state index contributed by atoms with van der Waals surface area (Å²) in [5.41, 5.74) is 0.231. The van der Waals surface area contributed by atoms with Crippen LogP contribution >= 0.6 is 22.9 Å². The Morgan fingerprint density at radius 1 is 1.10 bits per heavy atom. The van der Waals surface area contributed by atoms with Crippen LogP contribution in [0, 0.1) is 0 Å². The zero-order chi connectivity index (χ0) is 28.3. The number of benzene rings is 2. The maximum absolute atomic E-state index is 14.3. The molecule has 1 N–H and O–H groups in total. The third kappa shape index (κ3) is 5.61. The van der Waals surface area contributed by atoms with E-state index in [0.717, 1.165) is 21.2 Å². The van der Waals surface area contributed by atoms with Gasteiger partial charge in [0.25, 0.3) is 10.0 Å². The Balaban J connectivity index is 1.44. The van der Waals surface area contributed by atoms with Gasteiger partial charge >= 0.3 is 12.1 Å². The molecule has 3 aromatic rings. The lowest BCUT2D eigenvalue weighted by Crippen LogP contribution is -2.49. The van der Waals surface area contributed by atoms with Gasteiger partial charge in [-0.1, -0.05) is 54.1 Å². The number of carbonyl (C=O) groups is 2. The lowest BCUT2D eigenvalue weighted by atomic mass is 10.1. The molecule has 2 aromatic carbocycles. The fourth-order valence-electron chi connectivity index (χ4n) is 5.13. The number of thiophene rings is 1. The van der Waals surface area contributed by atoms with E-state index in [4.69, 9.17) is 21.1 Å². The fourth-order valence-corrected chi connectivity index (χ4v) is 8.56. The number of carboxylic acids is 1. The molecule has 212 valence electrons. The molecule has 12 heteroatoms. The molecular formula is C28H29ClN2O7S2. The number of amides is 1. The van der Waals surface area contributed by atoms with Gasteiger partial charge in [-0.05, 0) is 47.5 Å². The van der Waals surface area contributed by atoms with Crippen LogP contribution in [-0.4, -0.2) is 79.8 Å². The number of nitrogens with zero attached hydrogens (tertiary/aromatic N) is 2. The first kappa shape index (κ1) is 28.6. The highest BCUT2D eigenvalue weighted by Crippen LogP contribution is 2.57. The molecule has 2 aliphatic rings. The number of carboxylic acid groups (broad SMARTS) is 1. The SMILES string of the molecule is O=C(OCCCN([C@]1(C(=O)O)C[C@H]1c1ccccc1)S(=O)(=O)c1sccc1-c1ccc(Cl)cc1)N1CCOCC1. The minimum Gasteiger partial charge on any atom is -0.480 e. The van der Waals surface area contributed by atoms with Gasteiger partial charge in [-0.3, -0.25) is 4.79 Å². The zero-order valence-electron chi connectivity index (χ0n) is 21.6. The van der Waals surface area contributed by atoms with Gasteiger partial charge in [-0.15, -0.1) is 11.3 Å². The van der Waals surface area contributed by atoms with Crippen LogP contribution in [-0.2, 0) is 24.3 Å². The maximum Gasteiger partial charge on any atom is 0.409 e. The summed E-state index contributed by atoms with van der Waals surface area (Å²) in [6.07, 6.45) is -0.226. The zero-order valence-corrected chi connectivity index (χ0v) is 24.0. The first-order valence-electron chi connectivity index (χ1n) is 12.9. The average molecular weight is 605 g/mol. The average Bonchev–Trinajstić information content (AvgIpc) is 3.51. The van der Waals surface area contributed by atoms with Crippen molar-refractivity contribution in [2.24, 2.45) is 0 Å². The van der Waals surface area contributed by atoms with E-state index in [1.165, 1.54) is 4.90 Å². The van der Waals surface area contributed by atoms with E-state index >= 15 is 0 Å². The monoisotopic (exact) mass is 604 g/mol. The first-order chi connectivity index (χ1) is 19.2. The van der Waals surface area contributed by atoms with E-state index in [-0.39, 0.29) is 30.2 Å². The largest absolute Gasteiger partial charge is 0.480 e. The summed E-state index contributed by atoms with van der Waals surface area (Å²) < 4.78 is 40.4. The fraction of sp³-hybridized carbons (Fsp3) is 0.357. The van der Waals surface area contributed by atoms with E-state index in [1.54, 1.807) is 35.7 Å². The molecule has 1 aliphatic carbocycles. The highest BCUT2D eigenvalue weighted by atomic mass is 35.5. The standard InChI is InChI=1S/C28H29ClN2O7S2/c29-22-9-7-20(8-10-22)23-11-18-39-25(23)40(35,36)31(12-4-15-38-27(34)30-13-16-37-17-14-30)28(26(32)33)19-24(28)21-5-2-1-3-6-21/h1-3,5-11,18,24H,4,12-17,19H2,(H,32,33)/t24-,28+/m0/s1. The topological polar surface area (TPSA) is 113 Å². The van der Waals surface area contributed by atoms with Crippen molar-refractivity contribution in [3.63, 3.8) is 0 Å². The van der Waals surface area contributed by atoms with Crippen molar-refractivity contribution in [3.8, 4) is 11.1 Å². The van der Waals surface area contributed by atoms with Crippen molar-refractivity contribution >= 4 is 45.0 Å². The summed E-state index contributed by atoms with van der Waals surface area (Å²) in [4.78, 5) is 26.8. The predicted octanol–water partition coefficient (Wildman–Crippen LogP) is 4.93. The summed E-state index contributed by atoms with van der Waals surface area (Å²) in [6.45, 7) is 1.52. The molecule has 1 aromatic heterocycles. The number of ether oxygens (including phenoxy) is 2. The van der Waals surface area contributed by atoms with Crippen LogP contribution in [0.1, 0.15) is 24.3 Å². The molecule has 2 fully saturated rings. The number of hydrogen-bond donors (Lipinski definition) is 1. The summed E-state index contributed by atoms with van der Waals surface area (Å²) in [5.74, 6) is -1.73. The van der Waals surface area contributed by atoms with Gasteiger partial charge in [0.1, 0.15) is 9.75 Å². The summed E-state index contributed by atoms with van der Waals surface area (Å²) in [6, 6.07) is 17.6. The number of morpholine rings is 1. The Hall–Kier alpha value is -2.96. The van der Waals surface area contributed by atoms with Crippen LogP contribution in [0.3, 0.4) is 0 Å². The van der Waals surface area contributed by atoms with Crippen molar-refractivity contribution in [1.82, 2.24) is 9.21 Å². The first-order valence-corrected chi connectivity index (χ1v) is 15.6. The van der Waals surface area contributed by atoms with Crippen LogP contribution < -0.4 is 0 Å². The van der Waals surface area contributed by atoms with Gasteiger partial charge in [0.15, 0.2) is 0 Å². The van der Waals surface area contributed by atoms with Crippen LogP contribution in [0.4, 0.5) is 4.79 Å². The predicted molar refractivity (Wildman–Crippen MR) is 151 cm³/mol. The van der Waals surface area contributed by atoms with Crippen molar-refractivity contribution in [2.45, 2.75) is 28.5 Å². The molecule has 0 bridgehead atoms. The van der Waals surface area contributed by atoms with E-state index in [2.05, 4.69) is 0 Å². The minimum absolute atomic E-state index is 0.0532. The van der Waals surface area contributed by atoms with Gasteiger partial charge in [0.05, 0.1) is 19.8 Å². The third-order valence-electron chi connectivity index (χ3n) is 7.26. The molecule has 9 nitrogen and oxygen atoms in total.